The van der Waals surface area contributed by atoms with E-state index in [1.807, 2.05) is 4.98 Å². The number of hydrogen-bond acceptors (Lipinski definition) is 11. The number of phosphoric acid groups is 3. The molecule has 0 saturated carbocycles. The summed E-state index contributed by atoms with van der Waals surface area (Å²) >= 11 is 0. The van der Waals surface area contributed by atoms with Gasteiger partial charge in [0.15, 0.2) is 5.96 Å². The Morgan fingerprint density at radius 2 is 1.86 bits per heavy atom. The van der Waals surface area contributed by atoms with Crippen molar-refractivity contribution in [2.75, 3.05) is 13.2 Å². The van der Waals surface area contributed by atoms with E-state index >= 15 is 0 Å². The van der Waals surface area contributed by atoms with Crippen LogP contribution < -0.4 is 22.7 Å². The number of aromatic nitrogens is 2. The van der Waals surface area contributed by atoms with E-state index < -0.39 is 59.8 Å². The first kappa shape index (κ1) is 29.1. The lowest BCUT2D eigenvalue weighted by molar-refractivity contribution is -0.0450. The fraction of sp³-hybridized carbons (Fsp3) is 0.462. The Hall–Kier alpha value is -2.16. The van der Waals surface area contributed by atoms with E-state index in [9.17, 15) is 33.3 Å². The van der Waals surface area contributed by atoms with Crippen LogP contribution in [0.3, 0.4) is 0 Å². The van der Waals surface area contributed by atoms with Gasteiger partial charge in [0, 0.05) is 12.6 Å². The van der Waals surface area contributed by atoms with Crippen LogP contribution in [-0.2, 0) is 31.6 Å². The van der Waals surface area contributed by atoms with Crippen molar-refractivity contribution in [3.05, 3.63) is 32.6 Å². The van der Waals surface area contributed by atoms with Crippen molar-refractivity contribution in [2.24, 2.45) is 16.5 Å². The van der Waals surface area contributed by atoms with Gasteiger partial charge in [0.25, 0.3) is 5.56 Å². The fourth-order valence-electron chi connectivity index (χ4n) is 2.56. The summed E-state index contributed by atoms with van der Waals surface area (Å²) in [6.07, 6.45) is -3.23. The van der Waals surface area contributed by atoms with Crippen LogP contribution in [0.2, 0.25) is 0 Å². The first-order chi connectivity index (χ1) is 16.0. The van der Waals surface area contributed by atoms with E-state index in [0.717, 1.165) is 10.8 Å². The Morgan fingerprint density at radius 3 is 2.46 bits per heavy atom. The molecule has 1 aliphatic rings. The average Bonchev–Trinajstić information content (AvgIpc) is 3.02. The molecule has 1 aromatic rings. The molecule has 1 fully saturated rings. The smallest absolute Gasteiger partial charge is 0.390 e. The molecule has 2 rings (SSSR count). The second-order valence-corrected chi connectivity index (χ2v) is 11.0. The summed E-state index contributed by atoms with van der Waals surface area (Å²) in [7, 11) is -16.7. The third-order valence-corrected chi connectivity index (χ3v) is 7.67. The van der Waals surface area contributed by atoms with Gasteiger partial charge in [-0.1, -0.05) is 11.8 Å². The van der Waals surface area contributed by atoms with Gasteiger partial charge in [0.05, 0.1) is 12.7 Å². The molecule has 0 aromatic carbocycles. The first-order valence-electron chi connectivity index (χ1n) is 8.99. The number of aromatic amines is 1. The molecule has 196 valence electrons. The molecule has 2 unspecified atom stereocenters. The van der Waals surface area contributed by atoms with Gasteiger partial charge in [-0.05, 0) is 0 Å². The fourth-order valence-corrected chi connectivity index (χ4v) is 5.59. The summed E-state index contributed by atoms with van der Waals surface area (Å²) in [4.78, 5) is 65.3. The summed E-state index contributed by atoms with van der Waals surface area (Å²) in [5.74, 6) is 4.70. The van der Waals surface area contributed by atoms with Crippen LogP contribution in [0.15, 0.2) is 20.8 Å². The number of rotatable bonds is 9. The van der Waals surface area contributed by atoms with Crippen molar-refractivity contribution < 1.29 is 56.3 Å². The van der Waals surface area contributed by atoms with E-state index in [4.69, 9.17) is 30.9 Å². The number of nitrogens with one attached hydrogen (secondary N) is 1. The number of ether oxygens (including phenoxy) is 1. The van der Waals surface area contributed by atoms with Crippen LogP contribution in [0.25, 0.3) is 0 Å². The number of aliphatic imine (C=N–C) groups is 1. The number of hydrogen-bond donors (Lipinski definition) is 8. The molecule has 1 aromatic heterocycles. The zero-order valence-electron chi connectivity index (χ0n) is 17.2. The third-order valence-electron chi connectivity index (χ3n) is 3.86. The molecule has 10 N–H and O–H groups in total. The lowest BCUT2D eigenvalue weighted by Gasteiger charge is -2.19. The van der Waals surface area contributed by atoms with Crippen LogP contribution in [0.1, 0.15) is 18.2 Å². The SMILES string of the molecule is NC(N)=NCC#Cc1cn([C@H]2C[C@H](O)[C@@H](COP(=O)(O)OP(=O)(O)OP(=O)(O)O)O2)c(=O)[nH]c1=O. The minimum atomic E-state index is -5.72. The molecule has 0 aliphatic carbocycles. The van der Waals surface area contributed by atoms with Crippen LogP contribution in [0, 0.1) is 11.8 Å². The number of nitrogens with two attached hydrogens (primary N) is 2. The number of aliphatic hydroxyl groups is 1. The van der Waals surface area contributed by atoms with Crippen LogP contribution >= 0.6 is 23.5 Å². The highest BCUT2D eigenvalue weighted by Crippen LogP contribution is 2.66. The quantitative estimate of drug-likeness (QED) is 0.0649. The second kappa shape index (κ2) is 11.3. The monoisotopic (exact) mass is 563 g/mol. The summed E-state index contributed by atoms with van der Waals surface area (Å²) in [6, 6.07) is 0. The molecule has 0 bridgehead atoms. The molecular weight excluding hydrogens is 543 g/mol. The molecule has 5 atom stereocenters. The van der Waals surface area contributed by atoms with E-state index in [1.54, 1.807) is 0 Å². The lowest BCUT2D eigenvalue weighted by atomic mass is 10.2. The number of guanidine groups is 1. The largest absolute Gasteiger partial charge is 0.490 e. The van der Waals surface area contributed by atoms with Gasteiger partial charge in [-0.25, -0.2) is 23.5 Å². The maximum absolute atomic E-state index is 12.2. The van der Waals surface area contributed by atoms with Gasteiger partial charge in [0.2, 0.25) is 0 Å². The zero-order chi connectivity index (χ0) is 26.6. The van der Waals surface area contributed by atoms with Crippen molar-refractivity contribution >= 4 is 29.4 Å². The standard InChI is InChI=1S/C13H20N5O14P3/c14-12(15)16-3-1-2-7-5-18(13(21)17-11(7)20)10-4-8(19)9(30-10)6-29-34(25,26)32-35(27,28)31-33(22,23)24/h5,8-10,19H,3-4,6H2,(H,25,26)(H,27,28)(H4,14,15,16)(H,17,20,21)(H2,22,23,24)/t8-,9+,10+/m0/s1. The molecule has 0 amide bonds. The van der Waals surface area contributed by atoms with Crippen molar-refractivity contribution in [1.82, 2.24) is 9.55 Å². The van der Waals surface area contributed by atoms with Crippen molar-refractivity contribution in [1.29, 1.82) is 0 Å². The van der Waals surface area contributed by atoms with Crippen LogP contribution in [-0.4, -0.2) is 65.6 Å². The minimum absolute atomic E-state index is 0.137. The predicted molar refractivity (Wildman–Crippen MR) is 113 cm³/mol. The minimum Gasteiger partial charge on any atom is -0.390 e. The van der Waals surface area contributed by atoms with Crippen LogP contribution in [0.4, 0.5) is 0 Å². The molecule has 1 aliphatic heterocycles. The summed E-state index contributed by atoms with van der Waals surface area (Å²) < 4.78 is 51.6. The summed E-state index contributed by atoms with van der Waals surface area (Å²) in [6.45, 7) is -1.08. The lowest BCUT2D eigenvalue weighted by Crippen LogP contribution is -2.33. The maximum Gasteiger partial charge on any atom is 0.490 e. The number of phosphoric ester groups is 1. The number of aliphatic hydroxyl groups excluding tert-OH is 1. The van der Waals surface area contributed by atoms with E-state index in [2.05, 4.69) is 30.0 Å². The van der Waals surface area contributed by atoms with E-state index in [1.165, 1.54) is 0 Å². The van der Waals surface area contributed by atoms with E-state index in [-0.39, 0.29) is 24.5 Å². The Balaban J connectivity index is 2.10. The predicted octanol–water partition coefficient (Wildman–Crippen LogP) is -2.85. The van der Waals surface area contributed by atoms with E-state index in [0.29, 0.717) is 0 Å². The van der Waals surface area contributed by atoms with Crippen molar-refractivity contribution in [3.63, 3.8) is 0 Å². The van der Waals surface area contributed by atoms with Gasteiger partial charge in [-0.2, -0.15) is 8.62 Å². The van der Waals surface area contributed by atoms with Crippen molar-refractivity contribution in [2.45, 2.75) is 24.9 Å². The highest BCUT2D eigenvalue weighted by molar-refractivity contribution is 7.66. The van der Waals surface area contributed by atoms with Gasteiger partial charge < -0.3 is 40.9 Å². The zero-order valence-corrected chi connectivity index (χ0v) is 19.9. The average molecular weight is 563 g/mol. The second-order valence-electron chi connectivity index (χ2n) is 6.57. The molecule has 0 spiro atoms. The maximum atomic E-state index is 12.2. The molecule has 1 saturated heterocycles. The highest BCUT2D eigenvalue weighted by atomic mass is 31.3. The molecular formula is C13H20N5O14P3. The molecule has 0 radical (unpaired) electrons. The Bertz CT molecular complexity index is 1290. The summed E-state index contributed by atoms with van der Waals surface area (Å²) in [5.41, 5.74) is 8.37. The molecule has 2 heterocycles. The van der Waals surface area contributed by atoms with Gasteiger partial charge in [-0.3, -0.25) is 18.9 Å². The molecule has 22 heteroatoms. The van der Waals surface area contributed by atoms with Gasteiger partial charge >= 0.3 is 29.2 Å². The topological polar surface area (TPSA) is 309 Å². The number of H-pyrrole nitrogens is 1. The Kier molecular flexibility index (Phi) is 9.36. The van der Waals surface area contributed by atoms with Crippen LogP contribution in [0.5, 0.6) is 0 Å². The van der Waals surface area contributed by atoms with Gasteiger partial charge in [-0.15, -0.1) is 0 Å². The number of nitrogens with zero attached hydrogens (tertiary/aromatic N) is 2. The Morgan fingerprint density at radius 1 is 1.20 bits per heavy atom. The van der Waals surface area contributed by atoms with Crippen molar-refractivity contribution in [3.8, 4) is 11.8 Å². The first-order valence-corrected chi connectivity index (χ1v) is 13.5. The third kappa shape index (κ3) is 9.43. The highest BCUT2D eigenvalue weighted by Gasteiger charge is 2.43. The molecule has 19 nitrogen and oxygen atoms in total. The van der Waals surface area contributed by atoms with Gasteiger partial charge in [0.1, 0.15) is 24.4 Å². The summed E-state index contributed by atoms with van der Waals surface area (Å²) in [5, 5.41) is 10.1. The normalized spacial score (nSPS) is 23.5. The Labute approximate surface area is 194 Å². The molecule has 35 heavy (non-hydrogen) atoms.